The van der Waals surface area contributed by atoms with E-state index < -0.39 is 0 Å². The number of piperidine rings is 1. The van der Waals surface area contributed by atoms with Crippen molar-refractivity contribution >= 4 is 34.8 Å². The van der Waals surface area contributed by atoms with Gasteiger partial charge in [0, 0.05) is 19.1 Å². The lowest BCUT2D eigenvalue weighted by molar-refractivity contribution is -0.119. The molecule has 2 heterocycles. The number of primary amides is 1. The summed E-state index contributed by atoms with van der Waals surface area (Å²) in [5.74, 6) is -0.500. The summed E-state index contributed by atoms with van der Waals surface area (Å²) in [4.78, 5) is 29.0. The van der Waals surface area contributed by atoms with E-state index in [1.165, 1.54) is 11.3 Å². The molecule has 0 atom stereocenters. The van der Waals surface area contributed by atoms with E-state index in [2.05, 4.69) is 10.3 Å². The quantitative estimate of drug-likeness (QED) is 0.846. The second kappa shape index (κ2) is 6.31. The molecule has 19 heavy (non-hydrogen) atoms. The molecule has 1 aromatic rings. The van der Waals surface area contributed by atoms with Gasteiger partial charge in [-0.2, -0.15) is 0 Å². The van der Waals surface area contributed by atoms with Crippen LogP contribution in [0.15, 0.2) is 5.51 Å². The number of halogens is 1. The molecule has 0 unspecified atom stereocenters. The highest BCUT2D eigenvalue weighted by atomic mass is 35.5. The summed E-state index contributed by atoms with van der Waals surface area (Å²) in [6.45, 7) is 1.79. The van der Waals surface area contributed by atoms with E-state index in [-0.39, 0.29) is 29.6 Å². The molecule has 3 N–H and O–H groups in total. The van der Waals surface area contributed by atoms with Crippen LogP contribution in [0.3, 0.4) is 0 Å². The van der Waals surface area contributed by atoms with Crippen molar-refractivity contribution in [1.82, 2.24) is 15.2 Å². The van der Waals surface area contributed by atoms with Crippen molar-refractivity contribution in [2.45, 2.75) is 18.9 Å². The number of aromatic nitrogens is 1. The van der Waals surface area contributed by atoms with Gasteiger partial charge in [-0.05, 0) is 12.8 Å². The van der Waals surface area contributed by atoms with Crippen molar-refractivity contribution in [1.29, 1.82) is 0 Å². The lowest BCUT2D eigenvalue weighted by Crippen LogP contribution is -2.46. The number of likely N-dealkylation sites (tertiary alicyclic amines) is 1. The number of hydrogen-bond acceptors (Lipinski definition) is 5. The number of thiazole rings is 1. The molecule has 6 nitrogen and oxygen atoms in total. The Morgan fingerprint density at radius 1 is 1.53 bits per heavy atom. The lowest BCUT2D eigenvalue weighted by atomic mass is 10.0. The Kier molecular flexibility index (Phi) is 4.73. The molecule has 0 bridgehead atoms. The minimum Gasteiger partial charge on any atom is -0.369 e. The fourth-order valence-electron chi connectivity index (χ4n) is 2.09. The standard InChI is InChI=1S/C11H15ClN4O2S/c12-10-9(19-6-14-10)11(18)15-7-1-3-16(4-2-7)5-8(13)17/h6-7H,1-5H2,(H2,13,17)(H,15,18). The lowest BCUT2D eigenvalue weighted by Gasteiger charge is -2.31. The second-order valence-electron chi connectivity index (χ2n) is 4.46. The topological polar surface area (TPSA) is 88.3 Å². The van der Waals surface area contributed by atoms with Gasteiger partial charge < -0.3 is 11.1 Å². The Labute approximate surface area is 119 Å². The van der Waals surface area contributed by atoms with Crippen LogP contribution in [0.2, 0.25) is 5.15 Å². The van der Waals surface area contributed by atoms with E-state index in [4.69, 9.17) is 17.3 Å². The Balaban J connectivity index is 1.81. The summed E-state index contributed by atoms with van der Waals surface area (Å²) in [7, 11) is 0. The first-order chi connectivity index (χ1) is 9.06. The van der Waals surface area contributed by atoms with Gasteiger partial charge in [-0.25, -0.2) is 4.98 Å². The number of rotatable bonds is 4. The predicted molar refractivity (Wildman–Crippen MR) is 73.2 cm³/mol. The highest BCUT2D eigenvalue weighted by molar-refractivity contribution is 7.12. The smallest absolute Gasteiger partial charge is 0.264 e. The molecule has 1 aliphatic rings. The van der Waals surface area contributed by atoms with Gasteiger partial charge in [-0.3, -0.25) is 14.5 Å². The Morgan fingerprint density at radius 2 is 2.21 bits per heavy atom. The second-order valence-corrected chi connectivity index (χ2v) is 5.68. The number of hydrogen-bond donors (Lipinski definition) is 2. The molecule has 0 spiro atoms. The summed E-state index contributed by atoms with van der Waals surface area (Å²) in [5.41, 5.74) is 6.70. The first-order valence-electron chi connectivity index (χ1n) is 5.96. The SMILES string of the molecule is NC(=O)CN1CCC(NC(=O)c2scnc2Cl)CC1. The van der Waals surface area contributed by atoms with Gasteiger partial charge in [-0.15, -0.1) is 11.3 Å². The van der Waals surface area contributed by atoms with Crippen molar-refractivity contribution in [3.63, 3.8) is 0 Å². The Morgan fingerprint density at radius 3 is 2.74 bits per heavy atom. The zero-order valence-corrected chi connectivity index (χ0v) is 11.8. The summed E-state index contributed by atoms with van der Waals surface area (Å²) >= 11 is 7.04. The van der Waals surface area contributed by atoms with Crippen LogP contribution >= 0.6 is 22.9 Å². The summed E-state index contributed by atoms with van der Waals surface area (Å²) in [5, 5.41) is 3.18. The summed E-state index contributed by atoms with van der Waals surface area (Å²) in [6, 6.07) is 0.106. The minimum atomic E-state index is -0.320. The molecule has 104 valence electrons. The highest BCUT2D eigenvalue weighted by Crippen LogP contribution is 2.19. The molecule has 1 aliphatic heterocycles. The van der Waals surface area contributed by atoms with Gasteiger partial charge in [0.25, 0.3) is 5.91 Å². The zero-order valence-electron chi connectivity index (χ0n) is 10.3. The van der Waals surface area contributed by atoms with E-state index in [0.717, 1.165) is 25.9 Å². The van der Waals surface area contributed by atoms with Gasteiger partial charge in [0.05, 0.1) is 12.1 Å². The maximum Gasteiger partial charge on any atom is 0.264 e. The van der Waals surface area contributed by atoms with Crippen molar-refractivity contribution < 1.29 is 9.59 Å². The van der Waals surface area contributed by atoms with Gasteiger partial charge >= 0.3 is 0 Å². The van der Waals surface area contributed by atoms with Crippen LogP contribution in [0.1, 0.15) is 22.5 Å². The Hall–Kier alpha value is -1.18. The van der Waals surface area contributed by atoms with Crippen molar-refractivity contribution in [3.05, 3.63) is 15.5 Å². The molecule has 1 saturated heterocycles. The molecule has 1 fully saturated rings. The molecule has 1 aromatic heterocycles. The number of carbonyl (C=O) groups is 2. The van der Waals surface area contributed by atoms with Crippen LogP contribution in [0.5, 0.6) is 0 Å². The molecular weight excluding hydrogens is 288 g/mol. The van der Waals surface area contributed by atoms with Crippen LogP contribution in [0.25, 0.3) is 0 Å². The van der Waals surface area contributed by atoms with E-state index in [1.54, 1.807) is 5.51 Å². The van der Waals surface area contributed by atoms with E-state index in [0.29, 0.717) is 4.88 Å². The van der Waals surface area contributed by atoms with Gasteiger partial charge in [0.2, 0.25) is 5.91 Å². The maximum absolute atomic E-state index is 11.9. The molecule has 2 amide bonds. The van der Waals surface area contributed by atoms with E-state index in [9.17, 15) is 9.59 Å². The third-order valence-corrected chi connectivity index (χ3v) is 4.26. The summed E-state index contributed by atoms with van der Waals surface area (Å²) in [6.07, 6.45) is 1.60. The normalized spacial score (nSPS) is 17.3. The third-order valence-electron chi connectivity index (χ3n) is 3.03. The highest BCUT2D eigenvalue weighted by Gasteiger charge is 2.23. The first-order valence-corrected chi connectivity index (χ1v) is 7.22. The maximum atomic E-state index is 11.9. The molecule has 0 saturated carbocycles. The zero-order chi connectivity index (χ0) is 13.8. The predicted octanol–water partition coefficient (Wildman–Crippen LogP) is 0.476. The number of nitrogens with one attached hydrogen (secondary N) is 1. The van der Waals surface area contributed by atoms with Crippen LogP contribution in [0, 0.1) is 0 Å². The monoisotopic (exact) mass is 302 g/mol. The van der Waals surface area contributed by atoms with Gasteiger partial charge in [-0.1, -0.05) is 11.6 Å². The number of nitrogens with two attached hydrogens (primary N) is 1. The largest absolute Gasteiger partial charge is 0.369 e. The fraction of sp³-hybridized carbons (Fsp3) is 0.545. The molecule has 0 radical (unpaired) electrons. The van der Waals surface area contributed by atoms with Gasteiger partial charge in [0.1, 0.15) is 4.88 Å². The molecule has 2 rings (SSSR count). The Bertz CT molecular complexity index is 471. The molecule has 0 aliphatic carbocycles. The van der Waals surface area contributed by atoms with Crippen molar-refractivity contribution in [2.75, 3.05) is 19.6 Å². The van der Waals surface area contributed by atoms with E-state index in [1.807, 2.05) is 4.90 Å². The van der Waals surface area contributed by atoms with Crippen LogP contribution in [0.4, 0.5) is 0 Å². The fourth-order valence-corrected chi connectivity index (χ4v) is 2.99. The number of carbonyl (C=O) groups excluding carboxylic acids is 2. The third kappa shape index (κ3) is 3.89. The van der Waals surface area contributed by atoms with Crippen LogP contribution < -0.4 is 11.1 Å². The molecular formula is C11H15ClN4O2S. The minimum absolute atomic E-state index is 0.106. The average Bonchev–Trinajstić information content (AvgIpc) is 2.77. The number of nitrogens with zero attached hydrogens (tertiary/aromatic N) is 2. The molecule has 8 heteroatoms. The summed E-state index contributed by atoms with van der Waals surface area (Å²) < 4.78 is 0. The number of amides is 2. The van der Waals surface area contributed by atoms with Crippen LogP contribution in [-0.2, 0) is 4.79 Å². The van der Waals surface area contributed by atoms with Crippen molar-refractivity contribution in [3.8, 4) is 0 Å². The average molecular weight is 303 g/mol. The van der Waals surface area contributed by atoms with Crippen LogP contribution in [-0.4, -0.2) is 47.4 Å². The first kappa shape index (κ1) is 14.2. The van der Waals surface area contributed by atoms with E-state index >= 15 is 0 Å². The van der Waals surface area contributed by atoms with Crippen molar-refractivity contribution in [2.24, 2.45) is 5.73 Å². The van der Waals surface area contributed by atoms with Gasteiger partial charge in [0.15, 0.2) is 5.15 Å². The molecule has 0 aromatic carbocycles.